The van der Waals surface area contributed by atoms with Crippen LogP contribution in [0.3, 0.4) is 0 Å². The third-order valence-electron chi connectivity index (χ3n) is 2.03. The largest absolute Gasteiger partial charge is 0.370 e. The monoisotopic (exact) mass is 287 g/mol. The Morgan fingerprint density at radius 3 is 2.80 bits per heavy atom. The van der Waals surface area contributed by atoms with Gasteiger partial charge in [0.25, 0.3) is 5.91 Å². The van der Waals surface area contributed by atoms with Crippen LogP contribution in [0.2, 0.25) is 5.02 Å². The summed E-state index contributed by atoms with van der Waals surface area (Å²) >= 11 is 9.19. The third kappa shape index (κ3) is 1.98. The summed E-state index contributed by atoms with van der Waals surface area (Å²) in [4.78, 5) is 15.4. The third-order valence-corrected chi connectivity index (χ3v) is 3.26. The second-order valence-electron chi connectivity index (χ2n) is 3.08. The number of hydrogen-bond acceptors (Lipinski definition) is 3. The minimum Gasteiger partial charge on any atom is -0.370 e. The van der Waals surface area contributed by atoms with Gasteiger partial charge in [-0.3, -0.25) is 10.1 Å². The Kier molecular flexibility index (Phi) is 2.67. The summed E-state index contributed by atoms with van der Waals surface area (Å²) in [7, 11) is 0. The van der Waals surface area contributed by atoms with Crippen molar-refractivity contribution in [2.75, 3.05) is 0 Å². The predicted molar refractivity (Wildman–Crippen MR) is 61.7 cm³/mol. The summed E-state index contributed by atoms with van der Waals surface area (Å²) < 4.78 is 0.781. The molecule has 1 unspecified atom stereocenters. The highest BCUT2D eigenvalue weighted by Gasteiger charge is 2.26. The molecule has 0 aromatic heterocycles. The van der Waals surface area contributed by atoms with E-state index in [4.69, 9.17) is 17.3 Å². The number of nitrogens with two attached hydrogens (primary N) is 1. The minimum absolute atomic E-state index is 0.143. The number of benzene rings is 1. The van der Waals surface area contributed by atoms with Crippen LogP contribution in [0.4, 0.5) is 0 Å². The van der Waals surface area contributed by atoms with Crippen molar-refractivity contribution in [2.24, 2.45) is 10.7 Å². The zero-order valence-electron chi connectivity index (χ0n) is 7.50. The van der Waals surface area contributed by atoms with Crippen molar-refractivity contribution in [3.8, 4) is 0 Å². The molecule has 1 aliphatic heterocycles. The maximum Gasteiger partial charge on any atom is 0.256 e. The molecule has 1 heterocycles. The molecular weight excluding hydrogens is 281 g/mol. The fourth-order valence-corrected chi connectivity index (χ4v) is 1.77. The van der Waals surface area contributed by atoms with Crippen LogP contribution in [-0.2, 0) is 4.79 Å². The van der Waals surface area contributed by atoms with Gasteiger partial charge in [-0.2, -0.15) is 0 Å². The van der Waals surface area contributed by atoms with E-state index in [1.54, 1.807) is 18.2 Å². The number of rotatable bonds is 1. The van der Waals surface area contributed by atoms with Crippen molar-refractivity contribution in [1.82, 2.24) is 5.32 Å². The van der Waals surface area contributed by atoms with Crippen LogP contribution in [0.5, 0.6) is 0 Å². The van der Waals surface area contributed by atoms with E-state index in [1.807, 2.05) is 0 Å². The molecule has 78 valence electrons. The molecular formula is C9H7BrClN3O. The molecule has 3 N–H and O–H groups in total. The lowest BCUT2D eigenvalue weighted by atomic mass is 10.1. The molecule has 4 nitrogen and oxygen atoms in total. The van der Waals surface area contributed by atoms with Crippen LogP contribution >= 0.6 is 27.5 Å². The van der Waals surface area contributed by atoms with E-state index in [2.05, 4.69) is 26.2 Å². The number of carbonyl (C=O) groups excluding carboxylic acids is 1. The predicted octanol–water partition coefficient (Wildman–Crippen LogP) is 1.59. The molecule has 2 rings (SSSR count). The van der Waals surface area contributed by atoms with E-state index in [-0.39, 0.29) is 11.9 Å². The number of amides is 1. The first kappa shape index (κ1) is 10.4. The summed E-state index contributed by atoms with van der Waals surface area (Å²) in [6.07, 6.45) is 0. The summed E-state index contributed by atoms with van der Waals surface area (Å²) in [6, 6.07) is 4.66. The molecule has 0 bridgehead atoms. The Labute approximate surface area is 99.6 Å². The Bertz CT molecular complexity index is 461. The minimum atomic E-state index is -0.587. The van der Waals surface area contributed by atoms with Crippen molar-refractivity contribution >= 4 is 39.4 Å². The maximum absolute atomic E-state index is 11.4. The van der Waals surface area contributed by atoms with Crippen molar-refractivity contribution in [2.45, 2.75) is 6.04 Å². The van der Waals surface area contributed by atoms with Crippen molar-refractivity contribution in [1.29, 1.82) is 0 Å². The lowest BCUT2D eigenvalue weighted by molar-refractivity contribution is -0.120. The molecule has 1 atom stereocenters. The maximum atomic E-state index is 11.4. The Hall–Kier alpha value is -1.07. The van der Waals surface area contributed by atoms with Gasteiger partial charge in [0, 0.05) is 4.47 Å². The Morgan fingerprint density at radius 1 is 1.53 bits per heavy atom. The number of hydrogen-bond donors (Lipinski definition) is 2. The van der Waals surface area contributed by atoms with Gasteiger partial charge in [-0.1, -0.05) is 17.7 Å². The SMILES string of the molecule is NC1=NC(c2ccc(Br)c(Cl)c2)C(=O)N1. The quantitative estimate of drug-likeness (QED) is 0.824. The van der Waals surface area contributed by atoms with Gasteiger partial charge in [0.1, 0.15) is 0 Å². The van der Waals surface area contributed by atoms with E-state index in [9.17, 15) is 4.79 Å². The average molecular weight is 289 g/mol. The van der Waals surface area contributed by atoms with Crippen molar-refractivity contribution in [3.05, 3.63) is 33.3 Å². The summed E-state index contributed by atoms with van der Waals surface area (Å²) in [5, 5.41) is 2.98. The number of aliphatic imine (C=N–C) groups is 1. The number of halogens is 2. The highest BCUT2D eigenvalue weighted by atomic mass is 79.9. The highest BCUT2D eigenvalue weighted by molar-refractivity contribution is 9.10. The van der Waals surface area contributed by atoms with E-state index in [0.29, 0.717) is 5.02 Å². The van der Waals surface area contributed by atoms with Crippen LogP contribution in [0.1, 0.15) is 11.6 Å². The second-order valence-corrected chi connectivity index (χ2v) is 4.34. The van der Waals surface area contributed by atoms with E-state index in [1.165, 1.54) is 0 Å². The smallest absolute Gasteiger partial charge is 0.256 e. The van der Waals surface area contributed by atoms with Gasteiger partial charge in [0.2, 0.25) is 0 Å². The summed E-state index contributed by atoms with van der Waals surface area (Å²) in [6.45, 7) is 0. The molecule has 0 spiro atoms. The zero-order valence-corrected chi connectivity index (χ0v) is 9.84. The van der Waals surface area contributed by atoms with Gasteiger partial charge in [-0.05, 0) is 33.6 Å². The fourth-order valence-electron chi connectivity index (χ4n) is 1.33. The van der Waals surface area contributed by atoms with Crippen LogP contribution in [0.25, 0.3) is 0 Å². The number of guanidine groups is 1. The first-order valence-electron chi connectivity index (χ1n) is 4.17. The van der Waals surface area contributed by atoms with Gasteiger partial charge >= 0.3 is 0 Å². The van der Waals surface area contributed by atoms with Crippen LogP contribution in [0.15, 0.2) is 27.7 Å². The van der Waals surface area contributed by atoms with Crippen LogP contribution in [-0.4, -0.2) is 11.9 Å². The van der Waals surface area contributed by atoms with E-state index < -0.39 is 6.04 Å². The Morgan fingerprint density at radius 2 is 2.27 bits per heavy atom. The van der Waals surface area contributed by atoms with Gasteiger partial charge in [0.15, 0.2) is 12.0 Å². The first-order valence-corrected chi connectivity index (χ1v) is 5.34. The number of carbonyl (C=O) groups is 1. The molecule has 15 heavy (non-hydrogen) atoms. The topological polar surface area (TPSA) is 67.5 Å². The molecule has 1 aromatic rings. The van der Waals surface area contributed by atoms with Crippen LogP contribution in [0, 0.1) is 0 Å². The molecule has 0 aliphatic carbocycles. The number of nitrogens with one attached hydrogen (secondary N) is 1. The molecule has 0 saturated carbocycles. The van der Waals surface area contributed by atoms with Crippen molar-refractivity contribution in [3.63, 3.8) is 0 Å². The molecule has 1 amide bonds. The zero-order chi connectivity index (χ0) is 11.0. The van der Waals surface area contributed by atoms with Gasteiger partial charge in [0.05, 0.1) is 5.02 Å². The first-order chi connectivity index (χ1) is 7.08. The molecule has 1 aliphatic rings. The van der Waals surface area contributed by atoms with E-state index >= 15 is 0 Å². The number of nitrogens with zero attached hydrogens (tertiary/aromatic N) is 1. The Balaban J connectivity index is 2.38. The molecule has 6 heteroatoms. The standard InChI is InChI=1S/C9H7BrClN3O/c10-5-2-1-4(3-6(5)11)7-8(15)14-9(12)13-7/h1-3,7H,(H3,12,13,14,15). The normalized spacial score (nSPS) is 20.0. The van der Waals surface area contributed by atoms with E-state index in [0.717, 1.165) is 10.0 Å². The average Bonchev–Trinajstić information content (AvgIpc) is 2.50. The highest BCUT2D eigenvalue weighted by Crippen LogP contribution is 2.28. The van der Waals surface area contributed by atoms with Gasteiger partial charge in [-0.15, -0.1) is 0 Å². The second kappa shape index (κ2) is 3.83. The fraction of sp³-hybridized carbons (Fsp3) is 0.111. The lowest BCUT2D eigenvalue weighted by Gasteiger charge is -2.05. The molecule has 0 fully saturated rings. The van der Waals surface area contributed by atoms with Crippen LogP contribution < -0.4 is 11.1 Å². The van der Waals surface area contributed by atoms with Crippen molar-refractivity contribution < 1.29 is 4.79 Å². The molecule has 0 radical (unpaired) electrons. The van der Waals surface area contributed by atoms with Gasteiger partial charge < -0.3 is 5.73 Å². The summed E-state index contributed by atoms with van der Waals surface area (Å²) in [5.41, 5.74) is 6.12. The molecule has 0 saturated heterocycles. The lowest BCUT2D eigenvalue weighted by Crippen LogP contribution is -2.31. The van der Waals surface area contributed by atoms with Gasteiger partial charge in [-0.25, -0.2) is 4.99 Å². The summed E-state index contributed by atoms with van der Waals surface area (Å²) in [5.74, 6) is -0.0880. The molecule has 1 aromatic carbocycles.